The molecule has 1 saturated carbocycles. The fourth-order valence-electron chi connectivity index (χ4n) is 1.67. The molecule has 1 aliphatic carbocycles. The molecule has 0 radical (unpaired) electrons. The van der Waals surface area contributed by atoms with E-state index in [1.165, 1.54) is 6.33 Å². The molecule has 4 N–H and O–H groups in total. The van der Waals surface area contributed by atoms with Gasteiger partial charge in [-0.05, 0) is 25.7 Å². The summed E-state index contributed by atoms with van der Waals surface area (Å²) in [5.41, 5.74) is 5.37. The van der Waals surface area contributed by atoms with Crippen LogP contribution in [0.25, 0.3) is 0 Å². The number of aromatic nitrogens is 3. The Balaban J connectivity index is 2.04. The van der Waals surface area contributed by atoms with Crippen molar-refractivity contribution in [2.45, 2.75) is 25.3 Å². The lowest BCUT2D eigenvalue weighted by atomic mass is 9.96. The number of carbonyl (C=O) groups excluding carboxylic acids is 1. The molecule has 0 aromatic carbocycles. The molecule has 1 aromatic rings. The SMILES string of the molecule is CC(CN)(NC(=O)c1ncn[nH]1)C1CC1. The molecule has 1 amide bonds. The van der Waals surface area contributed by atoms with Crippen molar-refractivity contribution in [2.24, 2.45) is 11.7 Å². The van der Waals surface area contributed by atoms with Gasteiger partial charge in [0.25, 0.3) is 5.91 Å². The van der Waals surface area contributed by atoms with Gasteiger partial charge in [0.1, 0.15) is 6.33 Å². The van der Waals surface area contributed by atoms with Crippen LogP contribution in [0.5, 0.6) is 0 Å². The molecule has 6 heteroatoms. The second-order valence-electron chi connectivity index (χ2n) is 4.18. The second-order valence-corrected chi connectivity index (χ2v) is 4.18. The fraction of sp³-hybridized carbons (Fsp3) is 0.667. The maximum atomic E-state index is 11.7. The second kappa shape index (κ2) is 3.62. The van der Waals surface area contributed by atoms with Crippen molar-refractivity contribution in [3.8, 4) is 0 Å². The monoisotopic (exact) mass is 209 g/mol. The first-order valence-electron chi connectivity index (χ1n) is 5.03. The Kier molecular flexibility index (Phi) is 2.44. The fourth-order valence-corrected chi connectivity index (χ4v) is 1.67. The van der Waals surface area contributed by atoms with E-state index in [2.05, 4.69) is 20.5 Å². The van der Waals surface area contributed by atoms with Crippen molar-refractivity contribution < 1.29 is 4.79 Å². The van der Waals surface area contributed by atoms with E-state index in [1.54, 1.807) is 0 Å². The minimum Gasteiger partial charge on any atom is -0.343 e. The summed E-state index contributed by atoms with van der Waals surface area (Å²) in [7, 11) is 0. The average molecular weight is 209 g/mol. The van der Waals surface area contributed by atoms with Gasteiger partial charge < -0.3 is 11.1 Å². The van der Waals surface area contributed by atoms with Gasteiger partial charge in [-0.2, -0.15) is 5.10 Å². The Bertz CT molecular complexity index is 345. The van der Waals surface area contributed by atoms with E-state index in [9.17, 15) is 4.79 Å². The number of amides is 1. The van der Waals surface area contributed by atoms with Crippen LogP contribution in [0, 0.1) is 5.92 Å². The summed E-state index contributed by atoms with van der Waals surface area (Å²) >= 11 is 0. The van der Waals surface area contributed by atoms with Crippen molar-refractivity contribution in [1.29, 1.82) is 0 Å². The van der Waals surface area contributed by atoms with Gasteiger partial charge >= 0.3 is 0 Å². The van der Waals surface area contributed by atoms with E-state index in [0.29, 0.717) is 12.5 Å². The zero-order chi connectivity index (χ0) is 10.9. The van der Waals surface area contributed by atoms with E-state index in [4.69, 9.17) is 5.73 Å². The number of hydrogen-bond acceptors (Lipinski definition) is 4. The molecule has 0 saturated heterocycles. The van der Waals surface area contributed by atoms with Gasteiger partial charge in [0.05, 0.1) is 5.54 Å². The average Bonchev–Trinajstić information content (AvgIpc) is 2.94. The van der Waals surface area contributed by atoms with Gasteiger partial charge in [0.2, 0.25) is 5.82 Å². The lowest BCUT2D eigenvalue weighted by Gasteiger charge is -2.28. The van der Waals surface area contributed by atoms with Crippen molar-refractivity contribution in [3.05, 3.63) is 12.2 Å². The summed E-state index contributed by atoms with van der Waals surface area (Å²) in [4.78, 5) is 15.5. The molecule has 0 bridgehead atoms. The number of rotatable bonds is 4. The molecule has 15 heavy (non-hydrogen) atoms. The highest BCUT2D eigenvalue weighted by molar-refractivity contribution is 5.90. The van der Waals surface area contributed by atoms with E-state index in [0.717, 1.165) is 12.8 Å². The van der Waals surface area contributed by atoms with Crippen molar-refractivity contribution in [2.75, 3.05) is 6.54 Å². The van der Waals surface area contributed by atoms with Crippen LogP contribution >= 0.6 is 0 Å². The van der Waals surface area contributed by atoms with Crippen LogP contribution in [-0.2, 0) is 0 Å². The normalized spacial score (nSPS) is 19.6. The lowest BCUT2D eigenvalue weighted by molar-refractivity contribution is 0.0887. The quantitative estimate of drug-likeness (QED) is 0.632. The third-order valence-electron chi connectivity index (χ3n) is 2.93. The predicted molar refractivity (Wildman–Crippen MR) is 54.0 cm³/mol. The lowest BCUT2D eigenvalue weighted by Crippen LogP contribution is -2.53. The Morgan fingerprint density at radius 1 is 1.80 bits per heavy atom. The maximum absolute atomic E-state index is 11.7. The topological polar surface area (TPSA) is 96.7 Å². The Labute approximate surface area is 87.6 Å². The first-order valence-corrected chi connectivity index (χ1v) is 5.03. The molecule has 1 heterocycles. The Morgan fingerprint density at radius 2 is 2.53 bits per heavy atom. The van der Waals surface area contributed by atoms with Gasteiger partial charge in [-0.1, -0.05) is 0 Å². The van der Waals surface area contributed by atoms with Gasteiger partial charge in [-0.15, -0.1) is 0 Å². The van der Waals surface area contributed by atoms with E-state index in [1.807, 2.05) is 6.92 Å². The molecular weight excluding hydrogens is 194 g/mol. The van der Waals surface area contributed by atoms with Gasteiger partial charge in [0.15, 0.2) is 0 Å². The third kappa shape index (κ3) is 1.99. The highest BCUT2D eigenvalue weighted by Gasteiger charge is 2.41. The summed E-state index contributed by atoms with van der Waals surface area (Å²) in [6, 6.07) is 0. The standard InChI is InChI=1S/C9H15N5O/c1-9(4-10,6-2-3-6)13-8(15)7-11-5-12-14-7/h5-6H,2-4,10H2,1H3,(H,13,15)(H,11,12,14). The molecule has 2 rings (SSSR count). The van der Waals surface area contributed by atoms with Crippen LogP contribution in [0.3, 0.4) is 0 Å². The van der Waals surface area contributed by atoms with Crippen molar-refractivity contribution >= 4 is 5.91 Å². The molecule has 1 unspecified atom stereocenters. The third-order valence-corrected chi connectivity index (χ3v) is 2.93. The van der Waals surface area contributed by atoms with Crippen LogP contribution in [0.2, 0.25) is 0 Å². The Morgan fingerprint density at radius 3 is 3.00 bits per heavy atom. The summed E-state index contributed by atoms with van der Waals surface area (Å²) in [5, 5.41) is 9.07. The van der Waals surface area contributed by atoms with Gasteiger partial charge in [-0.3, -0.25) is 9.89 Å². The van der Waals surface area contributed by atoms with E-state index >= 15 is 0 Å². The number of carbonyl (C=O) groups is 1. The summed E-state index contributed by atoms with van der Waals surface area (Å²) in [6.07, 6.45) is 3.57. The van der Waals surface area contributed by atoms with Crippen molar-refractivity contribution in [1.82, 2.24) is 20.5 Å². The summed E-state index contributed by atoms with van der Waals surface area (Å²) in [5.74, 6) is 0.483. The van der Waals surface area contributed by atoms with Crippen LogP contribution in [0.1, 0.15) is 30.4 Å². The largest absolute Gasteiger partial charge is 0.343 e. The molecule has 82 valence electrons. The highest BCUT2D eigenvalue weighted by Crippen LogP contribution is 2.38. The van der Waals surface area contributed by atoms with Crippen LogP contribution in [0.4, 0.5) is 0 Å². The molecule has 0 aliphatic heterocycles. The predicted octanol–water partition coefficient (Wildman–Crippen LogP) is -0.338. The first-order chi connectivity index (χ1) is 7.15. The molecule has 6 nitrogen and oxygen atoms in total. The van der Waals surface area contributed by atoms with Crippen LogP contribution in [0.15, 0.2) is 6.33 Å². The zero-order valence-corrected chi connectivity index (χ0v) is 8.66. The number of nitrogens with two attached hydrogens (primary N) is 1. The molecule has 0 spiro atoms. The molecular formula is C9H15N5O. The molecule has 1 atom stereocenters. The Hall–Kier alpha value is -1.43. The number of aromatic amines is 1. The number of H-pyrrole nitrogens is 1. The molecule has 1 fully saturated rings. The van der Waals surface area contributed by atoms with Crippen LogP contribution < -0.4 is 11.1 Å². The molecule has 1 aliphatic rings. The smallest absolute Gasteiger partial charge is 0.289 e. The van der Waals surface area contributed by atoms with E-state index < -0.39 is 0 Å². The number of nitrogens with one attached hydrogen (secondary N) is 2. The molecule has 1 aromatic heterocycles. The van der Waals surface area contributed by atoms with Crippen LogP contribution in [-0.4, -0.2) is 33.2 Å². The van der Waals surface area contributed by atoms with Gasteiger partial charge in [-0.25, -0.2) is 4.98 Å². The van der Waals surface area contributed by atoms with Gasteiger partial charge in [0, 0.05) is 6.54 Å². The minimum atomic E-state index is -0.316. The highest BCUT2D eigenvalue weighted by atomic mass is 16.2. The number of hydrogen-bond donors (Lipinski definition) is 3. The maximum Gasteiger partial charge on any atom is 0.289 e. The minimum absolute atomic E-state index is 0.232. The first kappa shape index (κ1) is 10.1. The summed E-state index contributed by atoms with van der Waals surface area (Å²) in [6.45, 7) is 2.41. The zero-order valence-electron chi connectivity index (χ0n) is 8.66. The summed E-state index contributed by atoms with van der Waals surface area (Å²) < 4.78 is 0. The van der Waals surface area contributed by atoms with E-state index in [-0.39, 0.29) is 17.3 Å². The van der Waals surface area contributed by atoms with Crippen molar-refractivity contribution in [3.63, 3.8) is 0 Å². The number of nitrogens with zero attached hydrogens (tertiary/aromatic N) is 2.